The second-order valence-electron chi connectivity index (χ2n) is 5.06. The molecule has 1 aliphatic rings. The van der Waals surface area contributed by atoms with Gasteiger partial charge in [-0.25, -0.2) is 0 Å². The largest absolute Gasteiger partial charge is 0.0802 e. The van der Waals surface area contributed by atoms with Gasteiger partial charge in [-0.15, -0.1) is 0 Å². The van der Waals surface area contributed by atoms with E-state index >= 15 is 0 Å². The van der Waals surface area contributed by atoms with Gasteiger partial charge in [0.05, 0.1) is 0 Å². The van der Waals surface area contributed by atoms with Crippen LogP contribution >= 0.6 is 0 Å². The third kappa shape index (κ3) is 2.24. The standard InChI is InChI=1S/C13H22/c1-10(2)12-6-8-13(5,9-7-12)11(3)4/h6-8,10-11H,9H2,1-5H3. The van der Waals surface area contributed by atoms with Gasteiger partial charge in [0.15, 0.2) is 0 Å². The Balaban J connectivity index is 2.73. The number of hydrogen-bond donors (Lipinski definition) is 0. The van der Waals surface area contributed by atoms with Crippen molar-refractivity contribution in [3.8, 4) is 0 Å². The van der Waals surface area contributed by atoms with Crippen molar-refractivity contribution in [1.82, 2.24) is 0 Å². The Bertz CT molecular complexity index is 230. The number of allylic oxidation sites excluding steroid dienone is 4. The summed E-state index contributed by atoms with van der Waals surface area (Å²) in [7, 11) is 0. The van der Waals surface area contributed by atoms with Crippen LogP contribution in [0, 0.1) is 17.3 Å². The lowest BCUT2D eigenvalue weighted by atomic mass is 9.72. The van der Waals surface area contributed by atoms with Crippen LogP contribution in [0.3, 0.4) is 0 Å². The van der Waals surface area contributed by atoms with Gasteiger partial charge >= 0.3 is 0 Å². The zero-order valence-corrected chi connectivity index (χ0v) is 9.59. The summed E-state index contributed by atoms with van der Waals surface area (Å²) in [4.78, 5) is 0. The highest BCUT2D eigenvalue weighted by atomic mass is 14.3. The van der Waals surface area contributed by atoms with Gasteiger partial charge in [-0.2, -0.15) is 0 Å². The second-order valence-corrected chi connectivity index (χ2v) is 5.06. The molecule has 0 heterocycles. The van der Waals surface area contributed by atoms with Crippen molar-refractivity contribution in [2.45, 2.75) is 41.0 Å². The van der Waals surface area contributed by atoms with Crippen LogP contribution < -0.4 is 0 Å². The van der Waals surface area contributed by atoms with Crippen LogP contribution in [0.2, 0.25) is 0 Å². The van der Waals surface area contributed by atoms with Gasteiger partial charge < -0.3 is 0 Å². The smallest absolute Gasteiger partial charge is 0.00857 e. The van der Waals surface area contributed by atoms with Gasteiger partial charge in [-0.05, 0) is 29.2 Å². The molecule has 0 heteroatoms. The van der Waals surface area contributed by atoms with Crippen LogP contribution in [0.1, 0.15) is 41.0 Å². The fourth-order valence-electron chi connectivity index (χ4n) is 1.62. The predicted molar refractivity (Wildman–Crippen MR) is 59.6 cm³/mol. The van der Waals surface area contributed by atoms with E-state index in [0.717, 1.165) is 5.92 Å². The number of hydrogen-bond acceptors (Lipinski definition) is 0. The molecular weight excluding hydrogens is 156 g/mol. The minimum Gasteiger partial charge on any atom is -0.0802 e. The van der Waals surface area contributed by atoms with Crippen molar-refractivity contribution < 1.29 is 0 Å². The first kappa shape index (κ1) is 10.6. The molecule has 0 aliphatic heterocycles. The zero-order valence-electron chi connectivity index (χ0n) is 9.59. The highest BCUT2D eigenvalue weighted by molar-refractivity contribution is 5.27. The summed E-state index contributed by atoms with van der Waals surface area (Å²) >= 11 is 0. The van der Waals surface area contributed by atoms with E-state index in [1.54, 1.807) is 0 Å². The molecule has 0 aromatic heterocycles. The van der Waals surface area contributed by atoms with Crippen molar-refractivity contribution in [3.63, 3.8) is 0 Å². The van der Waals surface area contributed by atoms with Crippen molar-refractivity contribution in [3.05, 3.63) is 23.8 Å². The Kier molecular flexibility index (Phi) is 3.00. The van der Waals surface area contributed by atoms with Crippen LogP contribution in [-0.2, 0) is 0 Å². The van der Waals surface area contributed by atoms with Gasteiger partial charge in [0.25, 0.3) is 0 Å². The molecule has 0 saturated carbocycles. The lowest BCUT2D eigenvalue weighted by molar-refractivity contribution is 0.297. The Morgan fingerprint density at radius 3 is 2.15 bits per heavy atom. The van der Waals surface area contributed by atoms with Crippen LogP contribution in [-0.4, -0.2) is 0 Å². The zero-order chi connectivity index (χ0) is 10.1. The van der Waals surface area contributed by atoms with E-state index in [-0.39, 0.29) is 0 Å². The average Bonchev–Trinajstić information content (AvgIpc) is 2.04. The fourth-order valence-corrected chi connectivity index (χ4v) is 1.62. The SMILES string of the molecule is CC(C)C1=CCC(C)(C(C)C)C=C1. The number of rotatable bonds is 2. The normalized spacial score (nSPS) is 28.4. The van der Waals surface area contributed by atoms with Crippen molar-refractivity contribution in [2.75, 3.05) is 0 Å². The summed E-state index contributed by atoms with van der Waals surface area (Å²) < 4.78 is 0. The molecule has 0 radical (unpaired) electrons. The Morgan fingerprint density at radius 1 is 1.23 bits per heavy atom. The molecule has 0 bridgehead atoms. The van der Waals surface area contributed by atoms with Crippen LogP contribution in [0.25, 0.3) is 0 Å². The minimum absolute atomic E-state index is 0.387. The van der Waals surface area contributed by atoms with E-state index < -0.39 is 0 Å². The molecule has 0 aromatic rings. The van der Waals surface area contributed by atoms with Crippen LogP contribution in [0.15, 0.2) is 23.8 Å². The molecular formula is C13H22. The minimum atomic E-state index is 0.387. The first-order valence-corrected chi connectivity index (χ1v) is 5.35. The van der Waals surface area contributed by atoms with Crippen LogP contribution in [0.5, 0.6) is 0 Å². The molecule has 0 nitrogen and oxygen atoms in total. The molecule has 0 fully saturated rings. The lowest BCUT2D eigenvalue weighted by Gasteiger charge is -2.32. The van der Waals surface area contributed by atoms with Crippen molar-refractivity contribution in [2.24, 2.45) is 17.3 Å². The summed E-state index contributed by atoms with van der Waals surface area (Å²) in [6.45, 7) is 11.5. The first-order chi connectivity index (χ1) is 5.96. The second kappa shape index (κ2) is 3.69. The molecule has 1 atom stereocenters. The maximum absolute atomic E-state index is 2.41. The summed E-state index contributed by atoms with van der Waals surface area (Å²) in [5.74, 6) is 1.40. The first-order valence-electron chi connectivity index (χ1n) is 5.35. The molecule has 74 valence electrons. The molecule has 0 spiro atoms. The van der Waals surface area contributed by atoms with E-state index in [9.17, 15) is 0 Å². The van der Waals surface area contributed by atoms with E-state index in [4.69, 9.17) is 0 Å². The van der Waals surface area contributed by atoms with Gasteiger partial charge in [-0.1, -0.05) is 52.8 Å². The van der Waals surface area contributed by atoms with E-state index in [0.29, 0.717) is 11.3 Å². The quantitative estimate of drug-likeness (QED) is 0.594. The maximum Gasteiger partial charge on any atom is -0.00857 e. The van der Waals surface area contributed by atoms with Crippen LogP contribution in [0.4, 0.5) is 0 Å². The molecule has 0 amide bonds. The lowest BCUT2D eigenvalue weighted by Crippen LogP contribution is -2.22. The summed E-state index contributed by atoms with van der Waals surface area (Å²) in [6.07, 6.45) is 8.32. The third-order valence-corrected chi connectivity index (χ3v) is 3.42. The summed E-state index contributed by atoms with van der Waals surface area (Å²) in [5, 5.41) is 0. The molecule has 0 N–H and O–H groups in total. The van der Waals surface area contributed by atoms with Crippen molar-refractivity contribution >= 4 is 0 Å². The Morgan fingerprint density at radius 2 is 1.85 bits per heavy atom. The Hall–Kier alpha value is -0.520. The molecule has 1 rings (SSSR count). The van der Waals surface area contributed by atoms with Gasteiger partial charge in [0.1, 0.15) is 0 Å². The molecule has 1 unspecified atom stereocenters. The monoisotopic (exact) mass is 178 g/mol. The highest BCUT2D eigenvalue weighted by Gasteiger charge is 2.26. The van der Waals surface area contributed by atoms with Gasteiger partial charge in [0, 0.05) is 0 Å². The molecule has 0 aromatic carbocycles. The Labute approximate surface area is 82.7 Å². The third-order valence-electron chi connectivity index (χ3n) is 3.42. The topological polar surface area (TPSA) is 0 Å². The van der Waals surface area contributed by atoms with Crippen molar-refractivity contribution in [1.29, 1.82) is 0 Å². The van der Waals surface area contributed by atoms with E-state index in [1.165, 1.54) is 12.0 Å². The summed E-state index contributed by atoms with van der Waals surface area (Å²) in [5.41, 5.74) is 1.89. The van der Waals surface area contributed by atoms with E-state index in [1.807, 2.05) is 0 Å². The average molecular weight is 178 g/mol. The molecule has 1 aliphatic carbocycles. The predicted octanol–water partition coefficient (Wildman–Crippen LogP) is 4.19. The summed E-state index contributed by atoms with van der Waals surface area (Å²) in [6, 6.07) is 0. The van der Waals surface area contributed by atoms with Gasteiger partial charge in [-0.3, -0.25) is 0 Å². The van der Waals surface area contributed by atoms with E-state index in [2.05, 4.69) is 52.8 Å². The highest BCUT2D eigenvalue weighted by Crippen LogP contribution is 2.37. The molecule has 0 saturated heterocycles. The van der Waals surface area contributed by atoms with Gasteiger partial charge in [0.2, 0.25) is 0 Å². The maximum atomic E-state index is 2.41. The molecule has 13 heavy (non-hydrogen) atoms. The fraction of sp³-hybridized carbons (Fsp3) is 0.692.